The van der Waals surface area contributed by atoms with Crippen molar-refractivity contribution in [3.05, 3.63) is 36.1 Å². The van der Waals surface area contributed by atoms with Crippen molar-refractivity contribution >= 4 is 29.3 Å². The zero-order valence-electron chi connectivity index (χ0n) is 12.5. The molecular formula is C16H23ClN2O2. The fraction of sp³-hybridized carbons (Fsp3) is 0.438. The van der Waals surface area contributed by atoms with E-state index in [0.29, 0.717) is 12.3 Å². The Morgan fingerprint density at radius 1 is 1.24 bits per heavy atom. The number of hydrogen-bond donors (Lipinski definition) is 2. The van der Waals surface area contributed by atoms with Crippen LogP contribution >= 0.6 is 12.4 Å². The van der Waals surface area contributed by atoms with Gasteiger partial charge in [-0.05, 0) is 32.0 Å². The van der Waals surface area contributed by atoms with Crippen molar-refractivity contribution in [3.8, 4) is 0 Å². The molecule has 0 fully saturated rings. The van der Waals surface area contributed by atoms with E-state index in [1.807, 2.05) is 37.3 Å². The summed E-state index contributed by atoms with van der Waals surface area (Å²) in [6.07, 6.45) is 1.10. The molecule has 1 aromatic carbocycles. The summed E-state index contributed by atoms with van der Waals surface area (Å²) in [6, 6.07) is 9.74. The second kappa shape index (κ2) is 8.70. The van der Waals surface area contributed by atoms with Crippen LogP contribution in [0.5, 0.6) is 0 Å². The Morgan fingerprint density at radius 3 is 2.71 bits per heavy atom. The maximum Gasteiger partial charge on any atom is 0.230 e. The van der Waals surface area contributed by atoms with Crippen LogP contribution in [0, 0.1) is 0 Å². The van der Waals surface area contributed by atoms with Crippen molar-refractivity contribution in [3.63, 3.8) is 0 Å². The highest BCUT2D eigenvalue weighted by Crippen LogP contribution is 2.24. The summed E-state index contributed by atoms with van der Waals surface area (Å²) in [4.78, 5) is 12.1. The Labute approximate surface area is 131 Å². The maximum absolute atomic E-state index is 12.1. The molecule has 0 aliphatic heterocycles. The van der Waals surface area contributed by atoms with E-state index < -0.39 is 0 Å². The van der Waals surface area contributed by atoms with E-state index in [-0.39, 0.29) is 24.2 Å². The largest absolute Gasteiger partial charge is 0.460 e. The second-order valence-electron chi connectivity index (χ2n) is 4.95. The summed E-state index contributed by atoms with van der Waals surface area (Å²) in [5.41, 5.74) is 0.826. The van der Waals surface area contributed by atoms with Crippen LogP contribution in [0.2, 0.25) is 0 Å². The molecule has 21 heavy (non-hydrogen) atoms. The first-order valence-corrected chi connectivity index (χ1v) is 7.19. The summed E-state index contributed by atoms with van der Waals surface area (Å²) in [5, 5.41) is 7.21. The van der Waals surface area contributed by atoms with Crippen molar-refractivity contribution in [2.24, 2.45) is 0 Å². The van der Waals surface area contributed by atoms with E-state index in [1.54, 1.807) is 0 Å². The lowest BCUT2D eigenvalue weighted by atomic mass is 10.1. The monoisotopic (exact) mass is 310 g/mol. The molecule has 1 unspecified atom stereocenters. The number of benzene rings is 1. The van der Waals surface area contributed by atoms with E-state index in [2.05, 4.69) is 17.6 Å². The lowest BCUT2D eigenvalue weighted by Gasteiger charge is -2.10. The summed E-state index contributed by atoms with van der Waals surface area (Å²) in [5.74, 6) is 0.446. The van der Waals surface area contributed by atoms with Crippen LogP contribution in [0.3, 0.4) is 0 Å². The van der Waals surface area contributed by atoms with Crippen LogP contribution in [0.1, 0.15) is 31.9 Å². The third kappa shape index (κ3) is 4.76. The average molecular weight is 311 g/mol. The molecule has 5 heteroatoms. The zero-order valence-corrected chi connectivity index (χ0v) is 13.3. The third-order valence-electron chi connectivity index (χ3n) is 3.29. The minimum Gasteiger partial charge on any atom is -0.460 e. The second-order valence-corrected chi connectivity index (χ2v) is 4.95. The zero-order chi connectivity index (χ0) is 14.4. The van der Waals surface area contributed by atoms with Crippen LogP contribution in [0.15, 0.2) is 34.7 Å². The van der Waals surface area contributed by atoms with Gasteiger partial charge in [-0.2, -0.15) is 0 Å². The molecule has 4 nitrogen and oxygen atoms in total. The van der Waals surface area contributed by atoms with Gasteiger partial charge in [0.05, 0.1) is 5.92 Å². The van der Waals surface area contributed by atoms with E-state index in [0.717, 1.165) is 30.5 Å². The number of hydrogen-bond acceptors (Lipinski definition) is 3. The first-order valence-electron chi connectivity index (χ1n) is 7.19. The van der Waals surface area contributed by atoms with Crippen LogP contribution in [0.25, 0.3) is 11.0 Å². The lowest BCUT2D eigenvalue weighted by molar-refractivity contribution is -0.122. The Hall–Kier alpha value is -1.52. The van der Waals surface area contributed by atoms with Crippen LogP contribution in [0.4, 0.5) is 0 Å². The topological polar surface area (TPSA) is 54.3 Å². The molecule has 0 radical (unpaired) electrons. The van der Waals surface area contributed by atoms with Gasteiger partial charge in [0.1, 0.15) is 11.3 Å². The Morgan fingerprint density at radius 2 is 2.00 bits per heavy atom. The molecule has 0 bridgehead atoms. The normalized spacial score (nSPS) is 11.9. The molecule has 1 atom stereocenters. The Balaban J connectivity index is 0.00000220. The predicted molar refractivity (Wildman–Crippen MR) is 88.0 cm³/mol. The van der Waals surface area contributed by atoms with E-state index >= 15 is 0 Å². The predicted octanol–water partition coefficient (Wildman–Crippen LogP) is 3.07. The smallest absolute Gasteiger partial charge is 0.230 e. The molecular weight excluding hydrogens is 288 g/mol. The van der Waals surface area contributed by atoms with E-state index in [1.165, 1.54) is 0 Å². The van der Waals surface area contributed by atoms with Gasteiger partial charge >= 0.3 is 0 Å². The summed E-state index contributed by atoms with van der Waals surface area (Å²) >= 11 is 0. The highest BCUT2D eigenvalue weighted by atomic mass is 35.5. The van der Waals surface area contributed by atoms with Gasteiger partial charge < -0.3 is 15.1 Å². The number of rotatable bonds is 7. The van der Waals surface area contributed by atoms with E-state index in [9.17, 15) is 4.79 Å². The molecule has 0 spiro atoms. The van der Waals surface area contributed by atoms with Gasteiger partial charge in [0.15, 0.2) is 0 Å². The highest BCUT2D eigenvalue weighted by Gasteiger charge is 2.18. The summed E-state index contributed by atoms with van der Waals surface area (Å²) in [7, 11) is 0. The van der Waals surface area contributed by atoms with E-state index in [4.69, 9.17) is 4.42 Å². The summed E-state index contributed by atoms with van der Waals surface area (Å²) < 4.78 is 5.72. The molecule has 2 rings (SSSR count). The first-order chi connectivity index (χ1) is 9.72. The quantitative estimate of drug-likeness (QED) is 0.773. The number of furan rings is 1. The van der Waals surface area contributed by atoms with Crippen LogP contribution in [-0.2, 0) is 4.79 Å². The minimum atomic E-state index is -0.270. The highest BCUT2D eigenvalue weighted by molar-refractivity contribution is 5.85. The number of carbonyl (C=O) groups excluding carboxylic acids is 1. The number of carbonyl (C=O) groups is 1. The van der Waals surface area contributed by atoms with Gasteiger partial charge in [-0.15, -0.1) is 12.4 Å². The number of halogens is 1. The maximum atomic E-state index is 12.1. The van der Waals surface area contributed by atoms with Gasteiger partial charge in [-0.3, -0.25) is 4.79 Å². The molecule has 116 valence electrons. The minimum absolute atomic E-state index is 0. The van der Waals surface area contributed by atoms with Gasteiger partial charge in [0.25, 0.3) is 0 Å². The van der Waals surface area contributed by atoms with Crippen molar-refractivity contribution < 1.29 is 9.21 Å². The third-order valence-corrected chi connectivity index (χ3v) is 3.29. The molecule has 0 saturated heterocycles. The van der Waals surface area contributed by atoms with Gasteiger partial charge in [0, 0.05) is 18.5 Å². The number of amides is 1. The van der Waals surface area contributed by atoms with Crippen molar-refractivity contribution in [1.29, 1.82) is 0 Å². The number of para-hydroxylation sites is 1. The standard InChI is InChI=1S/C16H22N2O2.ClH/c1-3-8-17-9-10-18-16(19)12(2)15-11-13-6-4-5-7-14(13)20-15;/h4-7,11-12,17H,3,8-10H2,1-2H3,(H,18,19);1H. The fourth-order valence-electron chi connectivity index (χ4n) is 2.07. The lowest BCUT2D eigenvalue weighted by Crippen LogP contribution is -2.34. The van der Waals surface area contributed by atoms with Gasteiger partial charge in [0.2, 0.25) is 5.91 Å². The van der Waals surface area contributed by atoms with Crippen molar-refractivity contribution in [2.45, 2.75) is 26.2 Å². The molecule has 2 N–H and O–H groups in total. The Kier molecular flexibility index (Phi) is 7.26. The molecule has 0 aliphatic carbocycles. The Bertz CT molecular complexity index is 535. The molecule has 1 amide bonds. The summed E-state index contributed by atoms with van der Waals surface area (Å²) in [6.45, 7) is 6.41. The van der Waals surface area contributed by atoms with Crippen LogP contribution < -0.4 is 10.6 Å². The van der Waals surface area contributed by atoms with Crippen molar-refractivity contribution in [1.82, 2.24) is 10.6 Å². The number of fused-ring (bicyclic) bond motifs is 1. The van der Waals surface area contributed by atoms with Gasteiger partial charge in [-0.1, -0.05) is 25.1 Å². The van der Waals surface area contributed by atoms with Crippen LogP contribution in [-0.4, -0.2) is 25.5 Å². The fourth-order valence-corrected chi connectivity index (χ4v) is 2.07. The van der Waals surface area contributed by atoms with Crippen molar-refractivity contribution in [2.75, 3.05) is 19.6 Å². The molecule has 1 aromatic heterocycles. The molecule has 2 aromatic rings. The molecule has 0 aliphatic rings. The molecule has 0 saturated carbocycles. The average Bonchev–Trinajstić information content (AvgIpc) is 2.89. The first kappa shape index (κ1) is 17.5. The SMILES string of the molecule is CCCNCCNC(=O)C(C)c1cc2ccccc2o1.Cl. The molecule has 1 heterocycles. The van der Waals surface area contributed by atoms with Gasteiger partial charge in [-0.25, -0.2) is 0 Å². The number of nitrogens with one attached hydrogen (secondary N) is 2.